The van der Waals surface area contributed by atoms with Gasteiger partial charge in [0.25, 0.3) is 0 Å². The van der Waals surface area contributed by atoms with E-state index in [9.17, 15) is 4.79 Å². The Labute approximate surface area is 114 Å². The lowest BCUT2D eigenvalue weighted by molar-refractivity contribution is 0.235. The van der Waals surface area contributed by atoms with Crippen molar-refractivity contribution in [3.8, 4) is 0 Å². The van der Waals surface area contributed by atoms with Crippen molar-refractivity contribution in [1.29, 1.82) is 0 Å². The molecule has 19 heavy (non-hydrogen) atoms. The van der Waals surface area contributed by atoms with Crippen molar-refractivity contribution < 1.29 is 4.79 Å². The SMILES string of the molecule is CC(C)NC(=O)NC(C)c1ccc2ccccc2c1. The van der Waals surface area contributed by atoms with E-state index in [-0.39, 0.29) is 18.1 Å². The molecule has 0 radical (unpaired) electrons. The molecular formula is C16H20N2O. The number of urea groups is 1. The average molecular weight is 256 g/mol. The molecule has 0 saturated heterocycles. The van der Waals surface area contributed by atoms with Crippen molar-refractivity contribution in [2.75, 3.05) is 0 Å². The van der Waals surface area contributed by atoms with Gasteiger partial charge in [0.1, 0.15) is 0 Å². The number of rotatable bonds is 3. The molecule has 1 unspecified atom stereocenters. The quantitative estimate of drug-likeness (QED) is 0.865. The normalized spacial score (nSPS) is 12.4. The van der Waals surface area contributed by atoms with Gasteiger partial charge < -0.3 is 10.6 Å². The Balaban J connectivity index is 2.12. The van der Waals surface area contributed by atoms with E-state index in [4.69, 9.17) is 0 Å². The Kier molecular flexibility index (Phi) is 4.05. The Morgan fingerprint density at radius 2 is 1.63 bits per heavy atom. The predicted octanol–water partition coefficient (Wildman–Crippen LogP) is 3.61. The number of carbonyl (C=O) groups is 1. The van der Waals surface area contributed by atoms with Gasteiger partial charge >= 0.3 is 6.03 Å². The van der Waals surface area contributed by atoms with Crippen molar-refractivity contribution in [2.45, 2.75) is 32.9 Å². The highest BCUT2D eigenvalue weighted by molar-refractivity contribution is 5.83. The molecule has 0 spiro atoms. The summed E-state index contributed by atoms with van der Waals surface area (Å²) in [4.78, 5) is 11.7. The molecule has 100 valence electrons. The van der Waals surface area contributed by atoms with Crippen LogP contribution in [0.25, 0.3) is 10.8 Å². The van der Waals surface area contributed by atoms with Gasteiger partial charge in [-0.05, 0) is 43.2 Å². The number of nitrogens with one attached hydrogen (secondary N) is 2. The molecule has 1 atom stereocenters. The van der Waals surface area contributed by atoms with E-state index >= 15 is 0 Å². The minimum Gasteiger partial charge on any atom is -0.336 e. The largest absolute Gasteiger partial charge is 0.336 e. The van der Waals surface area contributed by atoms with Gasteiger partial charge in [0.15, 0.2) is 0 Å². The van der Waals surface area contributed by atoms with E-state index in [2.05, 4.69) is 41.0 Å². The summed E-state index contributed by atoms with van der Waals surface area (Å²) in [5.74, 6) is 0. The number of benzene rings is 2. The van der Waals surface area contributed by atoms with Gasteiger partial charge in [0.05, 0.1) is 6.04 Å². The Morgan fingerprint density at radius 3 is 2.32 bits per heavy atom. The van der Waals surface area contributed by atoms with Crippen LogP contribution in [0, 0.1) is 0 Å². The van der Waals surface area contributed by atoms with Crippen LogP contribution in [0.2, 0.25) is 0 Å². The van der Waals surface area contributed by atoms with Crippen molar-refractivity contribution >= 4 is 16.8 Å². The molecule has 2 N–H and O–H groups in total. The summed E-state index contributed by atoms with van der Waals surface area (Å²) >= 11 is 0. The van der Waals surface area contributed by atoms with Gasteiger partial charge in [-0.15, -0.1) is 0 Å². The maximum absolute atomic E-state index is 11.7. The molecule has 0 aliphatic heterocycles. The summed E-state index contributed by atoms with van der Waals surface area (Å²) in [5.41, 5.74) is 1.11. The van der Waals surface area contributed by atoms with Crippen LogP contribution in [-0.4, -0.2) is 12.1 Å². The van der Waals surface area contributed by atoms with Crippen LogP contribution in [0.15, 0.2) is 42.5 Å². The first-order valence-electron chi connectivity index (χ1n) is 6.62. The minimum absolute atomic E-state index is 0.0108. The average Bonchev–Trinajstić information content (AvgIpc) is 2.37. The van der Waals surface area contributed by atoms with Crippen molar-refractivity contribution in [3.63, 3.8) is 0 Å². The maximum atomic E-state index is 11.7. The van der Waals surface area contributed by atoms with E-state index in [1.54, 1.807) is 0 Å². The van der Waals surface area contributed by atoms with Gasteiger partial charge in [-0.1, -0.05) is 36.4 Å². The zero-order valence-corrected chi connectivity index (χ0v) is 11.6. The lowest BCUT2D eigenvalue weighted by Crippen LogP contribution is -2.40. The number of amides is 2. The molecule has 0 saturated carbocycles. The number of fused-ring (bicyclic) bond motifs is 1. The summed E-state index contributed by atoms with van der Waals surface area (Å²) in [6, 6.07) is 14.5. The second kappa shape index (κ2) is 5.74. The molecule has 2 aromatic carbocycles. The fourth-order valence-corrected chi connectivity index (χ4v) is 2.06. The van der Waals surface area contributed by atoms with Crippen LogP contribution in [0.1, 0.15) is 32.4 Å². The zero-order valence-electron chi connectivity index (χ0n) is 11.6. The van der Waals surface area contributed by atoms with Crippen LogP contribution in [0.3, 0.4) is 0 Å². The molecule has 2 rings (SSSR count). The lowest BCUT2D eigenvalue weighted by Gasteiger charge is -2.17. The smallest absolute Gasteiger partial charge is 0.315 e. The van der Waals surface area contributed by atoms with Crippen LogP contribution in [0.5, 0.6) is 0 Å². The molecule has 2 amide bonds. The molecule has 0 fully saturated rings. The van der Waals surface area contributed by atoms with E-state index in [1.165, 1.54) is 10.8 Å². The third-order valence-corrected chi connectivity index (χ3v) is 3.04. The van der Waals surface area contributed by atoms with Gasteiger partial charge in [-0.3, -0.25) is 0 Å². The van der Waals surface area contributed by atoms with Crippen LogP contribution in [-0.2, 0) is 0 Å². The fraction of sp³-hybridized carbons (Fsp3) is 0.312. The van der Waals surface area contributed by atoms with Crippen molar-refractivity contribution in [1.82, 2.24) is 10.6 Å². The summed E-state index contributed by atoms with van der Waals surface area (Å²) in [7, 11) is 0. The highest BCUT2D eigenvalue weighted by atomic mass is 16.2. The van der Waals surface area contributed by atoms with Crippen LogP contribution < -0.4 is 10.6 Å². The third-order valence-electron chi connectivity index (χ3n) is 3.04. The molecular weight excluding hydrogens is 236 g/mol. The van der Waals surface area contributed by atoms with Gasteiger partial charge in [-0.25, -0.2) is 4.79 Å². The molecule has 2 aromatic rings. The highest BCUT2D eigenvalue weighted by Crippen LogP contribution is 2.20. The summed E-state index contributed by atoms with van der Waals surface area (Å²) in [5, 5.41) is 8.18. The van der Waals surface area contributed by atoms with E-state index in [0.717, 1.165) is 5.56 Å². The third kappa shape index (κ3) is 3.47. The second-order valence-electron chi connectivity index (χ2n) is 5.10. The van der Waals surface area contributed by atoms with Crippen molar-refractivity contribution in [2.24, 2.45) is 0 Å². The van der Waals surface area contributed by atoms with Gasteiger partial charge in [-0.2, -0.15) is 0 Å². The van der Waals surface area contributed by atoms with Crippen LogP contribution >= 0.6 is 0 Å². The predicted molar refractivity (Wildman–Crippen MR) is 79.2 cm³/mol. The summed E-state index contributed by atoms with van der Waals surface area (Å²) in [6.45, 7) is 5.88. The molecule has 0 heterocycles. The second-order valence-corrected chi connectivity index (χ2v) is 5.10. The van der Waals surface area contributed by atoms with Crippen molar-refractivity contribution in [3.05, 3.63) is 48.0 Å². The Morgan fingerprint density at radius 1 is 0.947 bits per heavy atom. The molecule has 0 aliphatic carbocycles. The zero-order chi connectivity index (χ0) is 13.8. The summed E-state index contributed by atoms with van der Waals surface area (Å²) in [6.07, 6.45) is 0. The molecule has 3 heteroatoms. The molecule has 0 bridgehead atoms. The molecule has 0 aliphatic rings. The van der Waals surface area contributed by atoms with Gasteiger partial charge in [0, 0.05) is 6.04 Å². The summed E-state index contributed by atoms with van der Waals surface area (Å²) < 4.78 is 0. The Hall–Kier alpha value is -2.03. The topological polar surface area (TPSA) is 41.1 Å². The first kappa shape index (κ1) is 13.4. The van der Waals surface area contributed by atoms with Gasteiger partial charge in [0.2, 0.25) is 0 Å². The van der Waals surface area contributed by atoms with Crippen LogP contribution in [0.4, 0.5) is 4.79 Å². The number of hydrogen-bond donors (Lipinski definition) is 2. The fourth-order valence-electron chi connectivity index (χ4n) is 2.06. The number of hydrogen-bond acceptors (Lipinski definition) is 1. The molecule has 0 aromatic heterocycles. The lowest BCUT2D eigenvalue weighted by atomic mass is 10.0. The van der Waals surface area contributed by atoms with E-state index in [0.29, 0.717) is 0 Å². The minimum atomic E-state index is -0.129. The van der Waals surface area contributed by atoms with E-state index in [1.807, 2.05) is 32.9 Å². The number of carbonyl (C=O) groups excluding carboxylic acids is 1. The first-order chi connectivity index (χ1) is 9.06. The molecule has 3 nitrogen and oxygen atoms in total. The standard InChI is InChI=1S/C16H20N2O/c1-11(2)17-16(19)18-12(3)14-9-8-13-6-4-5-7-15(13)10-14/h4-12H,1-3H3,(H2,17,18,19). The van der Waals surface area contributed by atoms with E-state index < -0.39 is 0 Å². The maximum Gasteiger partial charge on any atom is 0.315 e. The Bertz CT molecular complexity index is 578. The first-order valence-corrected chi connectivity index (χ1v) is 6.62. The highest BCUT2D eigenvalue weighted by Gasteiger charge is 2.10. The monoisotopic (exact) mass is 256 g/mol.